The van der Waals surface area contributed by atoms with E-state index in [1.165, 1.54) is 34.8 Å². The van der Waals surface area contributed by atoms with Crippen molar-refractivity contribution in [3.8, 4) is 0 Å². The molecule has 150 valence electrons. The van der Waals surface area contributed by atoms with E-state index in [0.717, 1.165) is 0 Å². The summed E-state index contributed by atoms with van der Waals surface area (Å²) >= 11 is 0. The summed E-state index contributed by atoms with van der Waals surface area (Å²) in [7, 11) is -3.61. The lowest BCUT2D eigenvalue weighted by atomic mass is 10.1. The third-order valence-corrected chi connectivity index (χ3v) is 6.22. The summed E-state index contributed by atoms with van der Waals surface area (Å²) in [5, 5.41) is 0. The van der Waals surface area contributed by atoms with Crippen LogP contribution in [0, 0.1) is 0 Å². The van der Waals surface area contributed by atoms with Crippen LogP contribution >= 0.6 is 0 Å². The minimum atomic E-state index is -3.61. The van der Waals surface area contributed by atoms with Crippen molar-refractivity contribution in [2.24, 2.45) is 0 Å². The molecule has 1 saturated heterocycles. The first-order valence-corrected chi connectivity index (χ1v) is 10.3. The van der Waals surface area contributed by atoms with Crippen LogP contribution in [0.15, 0.2) is 52.0 Å². The van der Waals surface area contributed by atoms with Crippen LogP contribution in [0.4, 0.5) is 0 Å². The standard InChI is InChI=1S/C19H21NO7S/c21-18(14-27-19(22)8-5-16-2-1-11-26-16)15-3-6-17(7-4-15)28(23,24)20-9-12-25-13-10-20/h1-4,6-7,11H,5,8-10,12-14H2. The Bertz CT molecular complexity index is 898. The highest BCUT2D eigenvalue weighted by atomic mass is 32.2. The first-order valence-electron chi connectivity index (χ1n) is 8.86. The Labute approximate surface area is 163 Å². The molecule has 0 bridgehead atoms. The van der Waals surface area contributed by atoms with Crippen LogP contribution in [-0.2, 0) is 30.7 Å². The predicted molar refractivity (Wildman–Crippen MR) is 98.3 cm³/mol. The van der Waals surface area contributed by atoms with Gasteiger partial charge in [0.05, 0.1) is 30.8 Å². The molecule has 2 aromatic rings. The highest BCUT2D eigenvalue weighted by molar-refractivity contribution is 7.89. The summed E-state index contributed by atoms with van der Waals surface area (Å²) in [6.45, 7) is 0.933. The maximum absolute atomic E-state index is 12.6. The number of benzene rings is 1. The Balaban J connectivity index is 1.52. The largest absolute Gasteiger partial charge is 0.469 e. The fraction of sp³-hybridized carbons (Fsp3) is 0.368. The molecule has 0 saturated carbocycles. The van der Waals surface area contributed by atoms with Gasteiger partial charge in [0.15, 0.2) is 12.4 Å². The lowest BCUT2D eigenvalue weighted by Crippen LogP contribution is -2.40. The monoisotopic (exact) mass is 407 g/mol. The average Bonchev–Trinajstić information content (AvgIpc) is 3.25. The fourth-order valence-electron chi connectivity index (χ4n) is 2.73. The third kappa shape index (κ3) is 5.06. The van der Waals surface area contributed by atoms with Crippen LogP contribution in [0.2, 0.25) is 0 Å². The molecule has 0 aliphatic carbocycles. The van der Waals surface area contributed by atoms with Gasteiger partial charge in [-0.2, -0.15) is 4.31 Å². The molecule has 0 N–H and O–H groups in total. The number of Topliss-reactive ketones (excluding diaryl/α,β-unsaturated/α-hetero) is 1. The Hall–Kier alpha value is -2.49. The zero-order valence-corrected chi connectivity index (χ0v) is 16.0. The molecule has 1 aromatic carbocycles. The van der Waals surface area contributed by atoms with Gasteiger partial charge < -0.3 is 13.9 Å². The second-order valence-electron chi connectivity index (χ2n) is 6.20. The predicted octanol–water partition coefficient (Wildman–Crippen LogP) is 1.66. The SMILES string of the molecule is O=C(CCc1ccco1)OCC(=O)c1ccc(S(=O)(=O)N2CCOCC2)cc1. The molecule has 8 nitrogen and oxygen atoms in total. The molecular formula is C19H21NO7S. The molecule has 0 unspecified atom stereocenters. The van der Waals surface area contributed by atoms with E-state index in [1.54, 1.807) is 12.1 Å². The highest BCUT2D eigenvalue weighted by Gasteiger charge is 2.26. The van der Waals surface area contributed by atoms with E-state index in [0.29, 0.717) is 38.5 Å². The number of ether oxygens (including phenoxy) is 2. The molecule has 0 spiro atoms. The Morgan fingerprint density at radius 2 is 1.79 bits per heavy atom. The summed E-state index contributed by atoms with van der Waals surface area (Å²) in [5.41, 5.74) is 0.278. The quantitative estimate of drug-likeness (QED) is 0.484. The van der Waals surface area contributed by atoms with E-state index in [4.69, 9.17) is 13.9 Å². The molecule has 28 heavy (non-hydrogen) atoms. The van der Waals surface area contributed by atoms with Crippen molar-refractivity contribution in [1.29, 1.82) is 0 Å². The van der Waals surface area contributed by atoms with Gasteiger partial charge >= 0.3 is 5.97 Å². The molecular weight excluding hydrogens is 386 g/mol. The van der Waals surface area contributed by atoms with Crippen molar-refractivity contribution in [2.75, 3.05) is 32.9 Å². The number of esters is 1. The van der Waals surface area contributed by atoms with E-state index in [2.05, 4.69) is 0 Å². The lowest BCUT2D eigenvalue weighted by Gasteiger charge is -2.26. The second kappa shape index (κ2) is 9.13. The molecule has 0 amide bonds. The minimum Gasteiger partial charge on any atom is -0.469 e. The van der Waals surface area contributed by atoms with E-state index in [1.807, 2.05) is 0 Å². The van der Waals surface area contributed by atoms with E-state index < -0.39 is 28.4 Å². The van der Waals surface area contributed by atoms with Gasteiger partial charge in [0.25, 0.3) is 0 Å². The van der Waals surface area contributed by atoms with Gasteiger partial charge in [-0.25, -0.2) is 8.42 Å². The number of sulfonamides is 1. The second-order valence-corrected chi connectivity index (χ2v) is 8.14. The number of aryl methyl sites for hydroxylation is 1. The molecule has 2 heterocycles. The molecule has 0 atom stereocenters. The van der Waals surface area contributed by atoms with E-state index >= 15 is 0 Å². The van der Waals surface area contributed by atoms with Crippen molar-refractivity contribution in [1.82, 2.24) is 4.31 Å². The van der Waals surface area contributed by atoms with Crippen molar-refractivity contribution in [2.45, 2.75) is 17.7 Å². The summed E-state index contributed by atoms with van der Waals surface area (Å²) in [6.07, 6.45) is 2.03. The van der Waals surface area contributed by atoms with Gasteiger partial charge in [0.1, 0.15) is 5.76 Å². The van der Waals surface area contributed by atoms with Gasteiger partial charge in [0.2, 0.25) is 10.0 Å². The first-order chi connectivity index (χ1) is 13.5. The number of hydrogen-bond acceptors (Lipinski definition) is 7. The maximum atomic E-state index is 12.6. The smallest absolute Gasteiger partial charge is 0.306 e. The number of furan rings is 1. The van der Waals surface area contributed by atoms with Gasteiger partial charge in [-0.15, -0.1) is 0 Å². The van der Waals surface area contributed by atoms with Crippen LogP contribution in [0.5, 0.6) is 0 Å². The number of morpholine rings is 1. The molecule has 1 fully saturated rings. The normalized spacial score (nSPS) is 15.3. The van der Waals surface area contributed by atoms with Gasteiger partial charge in [0, 0.05) is 25.1 Å². The Morgan fingerprint density at radius 3 is 2.43 bits per heavy atom. The molecule has 3 rings (SSSR count). The summed E-state index contributed by atoms with van der Waals surface area (Å²) in [5.74, 6) is -0.238. The Kier molecular flexibility index (Phi) is 6.61. The molecule has 0 radical (unpaired) electrons. The van der Waals surface area contributed by atoms with Gasteiger partial charge in [-0.1, -0.05) is 0 Å². The van der Waals surface area contributed by atoms with Gasteiger partial charge in [-0.05, 0) is 36.4 Å². The fourth-order valence-corrected chi connectivity index (χ4v) is 4.14. The number of carbonyl (C=O) groups excluding carboxylic acids is 2. The van der Waals surface area contributed by atoms with Crippen molar-refractivity contribution in [3.63, 3.8) is 0 Å². The van der Waals surface area contributed by atoms with Crippen molar-refractivity contribution >= 4 is 21.8 Å². The number of nitrogens with zero attached hydrogens (tertiary/aromatic N) is 1. The van der Waals surface area contributed by atoms with E-state index in [-0.39, 0.29) is 16.9 Å². The molecule has 1 aromatic heterocycles. The number of hydrogen-bond donors (Lipinski definition) is 0. The summed E-state index contributed by atoms with van der Waals surface area (Å²) < 4.78 is 41.8. The molecule has 1 aliphatic heterocycles. The van der Waals surface area contributed by atoms with Crippen LogP contribution in [0.3, 0.4) is 0 Å². The highest BCUT2D eigenvalue weighted by Crippen LogP contribution is 2.18. The van der Waals surface area contributed by atoms with Gasteiger partial charge in [-0.3, -0.25) is 9.59 Å². The number of carbonyl (C=O) groups is 2. The average molecular weight is 407 g/mol. The van der Waals surface area contributed by atoms with Crippen molar-refractivity contribution in [3.05, 3.63) is 54.0 Å². The maximum Gasteiger partial charge on any atom is 0.306 e. The van der Waals surface area contributed by atoms with Crippen molar-refractivity contribution < 1.29 is 31.9 Å². The van der Waals surface area contributed by atoms with Crippen LogP contribution in [0.1, 0.15) is 22.5 Å². The minimum absolute atomic E-state index is 0.109. The number of ketones is 1. The first kappa shape index (κ1) is 20.2. The zero-order chi connectivity index (χ0) is 20.0. The molecule has 1 aliphatic rings. The van der Waals surface area contributed by atoms with Crippen LogP contribution < -0.4 is 0 Å². The lowest BCUT2D eigenvalue weighted by molar-refractivity contribution is -0.142. The topological polar surface area (TPSA) is 103 Å². The molecule has 9 heteroatoms. The van der Waals surface area contributed by atoms with Crippen LogP contribution in [0.25, 0.3) is 0 Å². The van der Waals surface area contributed by atoms with E-state index in [9.17, 15) is 18.0 Å². The third-order valence-electron chi connectivity index (χ3n) is 4.30. The van der Waals surface area contributed by atoms with Crippen LogP contribution in [-0.4, -0.2) is 57.4 Å². The zero-order valence-electron chi connectivity index (χ0n) is 15.2. The summed E-state index contributed by atoms with van der Waals surface area (Å²) in [6, 6.07) is 9.10. The summed E-state index contributed by atoms with van der Waals surface area (Å²) in [4.78, 5) is 24.0. The number of rotatable bonds is 8. The Morgan fingerprint density at radius 1 is 1.07 bits per heavy atom.